The summed E-state index contributed by atoms with van der Waals surface area (Å²) in [5, 5.41) is 39.7. The van der Waals surface area contributed by atoms with Gasteiger partial charge in [0.1, 0.15) is 0 Å². The van der Waals surface area contributed by atoms with Crippen LogP contribution in [-0.2, 0) is 16.3 Å². The number of nitrogens with zero attached hydrogens (tertiary/aromatic N) is 1. The number of fused-ring (bicyclic) bond motifs is 1. The summed E-state index contributed by atoms with van der Waals surface area (Å²) in [6, 6.07) is 11.5. The van der Waals surface area contributed by atoms with E-state index in [-0.39, 0.29) is 22.4 Å². The number of hydrogen-bond acceptors (Lipinski definition) is 5. The number of carboxylic acids is 1. The number of aliphatic carboxylic acids is 1. The lowest BCUT2D eigenvalue weighted by Crippen LogP contribution is -2.44. The van der Waals surface area contributed by atoms with E-state index in [0.29, 0.717) is 0 Å². The molecule has 26 heavy (non-hydrogen) atoms. The second-order valence-corrected chi connectivity index (χ2v) is 5.75. The SMILES string of the molecule is CC.CC(O)(C(=O)O)c1ccc(N2C(=O)c3ccccc3C2(O)O)cc1. The smallest absolute Gasteiger partial charge is 0.340 e. The molecule has 1 heterocycles. The van der Waals surface area contributed by atoms with Crippen LogP contribution in [0.15, 0.2) is 48.5 Å². The van der Waals surface area contributed by atoms with Gasteiger partial charge in [0.25, 0.3) is 11.8 Å². The first kappa shape index (κ1) is 19.6. The molecule has 138 valence electrons. The van der Waals surface area contributed by atoms with Crippen molar-refractivity contribution in [3.8, 4) is 0 Å². The summed E-state index contributed by atoms with van der Waals surface area (Å²) in [6.45, 7) is 5.13. The molecule has 1 unspecified atom stereocenters. The van der Waals surface area contributed by atoms with Crippen molar-refractivity contribution in [2.24, 2.45) is 0 Å². The van der Waals surface area contributed by atoms with Crippen molar-refractivity contribution in [2.45, 2.75) is 32.3 Å². The first-order chi connectivity index (χ1) is 12.2. The molecule has 0 saturated carbocycles. The van der Waals surface area contributed by atoms with Gasteiger partial charge in [0.05, 0.1) is 5.56 Å². The molecule has 0 saturated heterocycles. The highest BCUT2D eigenvalue weighted by atomic mass is 16.5. The van der Waals surface area contributed by atoms with Crippen molar-refractivity contribution in [2.75, 3.05) is 4.90 Å². The van der Waals surface area contributed by atoms with E-state index in [4.69, 9.17) is 5.11 Å². The molecule has 7 nitrogen and oxygen atoms in total. The first-order valence-corrected chi connectivity index (χ1v) is 8.12. The Bertz CT molecular complexity index is 826. The number of carboxylic acid groups (broad SMARTS) is 1. The van der Waals surface area contributed by atoms with Crippen molar-refractivity contribution in [3.05, 3.63) is 65.2 Å². The summed E-state index contributed by atoms with van der Waals surface area (Å²) >= 11 is 0. The highest BCUT2D eigenvalue weighted by Gasteiger charge is 2.48. The van der Waals surface area contributed by atoms with Crippen LogP contribution in [0.2, 0.25) is 0 Å². The van der Waals surface area contributed by atoms with Crippen LogP contribution in [0.1, 0.15) is 42.3 Å². The van der Waals surface area contributed by atoms with E-state index in [0.717, 1.165) is 11.8 Å². The number of anilines is 1. The van der Waals surface area contributed by atoms with Gasteiger partial charge >= 0.3 is 5.97 Å². The lowest BCUT2D eigenvalue weighted by Gasteiger charge is -2.29. The highest BCUT2D eigenvalue weighted by Crippen LogP contribution is 2.39. The molecule has 1 atom stereocenters. The summed E-state index contributed by atoms with van der Waals surface area (Å²) in [7, 11) is 0. The Hall–Kier alpha value is -2.74. The zero-order chi connectivity index (χ0) is 19.7. The van der Waals surface area contributed by atoms with Crippen LogP contribution < -0.4 is 4.90 Å². The molecular weight excluding hydrogens is 338 g/mol. The quantitative estimate of drug-likeness (QED) is 0.620. The van der Waals surface area contributed by atoms with E-state index in [2.05, 4.69) is 0 Å². The molecule has 1 aliphatic rings. The van der Waals surface area contributed by atoms with Gasteiger partial charge in [-0.05, 0) is 30.7 Å². The Morgan fingerprint density at radius 1 is 1.04 bits per heavy atom. The normalized spacial score (nSPS) is 17.0. The van der Waals surface area contributed by atoms with E-state index < -0.39 is 23.4 Å². The van der Waals surface area contributed by atoms with Gasteiger partial charge < -0.3 is 20.4 Å². The van der Waals surface area contributed by atoms with E-state index in [1.165, 1.54) is 36.4 Å². The molecule has 0 aromatic heterocycles. The maximum atomic E-state index is 12.5. The fraction of sp³-hybridized carbons (Fsp3) is 0.263. The topological polar surface area (TPSA) is 118 Å². The Morgan fingerprint density at radius 3 is 2.08 bits per heavy atom. The number of hydrogen-bond donors (Lipinski definition) is 4. The predicted octanol–water partition coefficient (Wildman–Crippen LogP) is 1.76. The van der Waals surface area contributed by atoms with Crippen LogP contribution in [0.5, 0.6) is 0 Å². The summed E-state index contributed by atoms with van der Waals surface area (Å²) in [5.41, 5.74) is -1.59. The number of amides is 1. The molecule has 0 fully saturated rings. The van der Waals surface area contributed by atoms with Crippen LogP contribution >= 0.6 is 0 Å². The van der Waals surface area contributed by atoms with Gasteiger partial charge in [-0.1, -0.05) is 44.2 Å². The fourth-order valence-electron chi connectivity index (χ4n) is 2.70. The van der Waals surface area contributed by atoms with E-state index >= 15 is 0 Å². The molecule has 4 N–H and O–H groups in total. The second kappa shape index (κ2) is 6.87. The Labute approximate surface area is 150 Å². The zero-order valence-corrected chi connectivity index (χ0v) is 14.7. The van der Waals surface area contributed by atoms with Gasteiger partial charge in [0.2, 0.25) is 0 Å². The van der Waals surface area contributed by atoms with Crippen molar-refractivity contribution in [3.63, 3.8) is 0 Å². The van der Waals surface area contributed by atoms with E-state index in [1.54, 1.807) is 12.1 Å². The van der Waals surface area contributed by atoms with Crippen molar-refractivity contribution in [1.82, 2.24) is 0 Å². The molecule has 1 amide bonds. The minimum atomic E-state index is -2.51. The van der Waals surface area contributed by atoms with Crippen molar-refractivity contribution in [1.29, 1.82) is 0 Å². The van der Waals surface area contributed by atoms with E-state index in [9.17, 15) is 24.9 Å². The minimum Gasteiger partial charge on any atom is -0.479 e. The Morgan fingerprint density at radius 2 is 1.58 bits per heavy atom. The molecule has 2 aromatic rings. The van der Waals surface area contributed by atoms with E-state index in [1.807, 2.05) is 13.8 Å². The third-order valence-electron chi connectivity index (χ3n) is 4.14. The molecule has 0 spiro atoms. The molecule has 2 aromatic carbocycles. The van der Waals surface area contributed by atoms with Gasteiger partial charge in [0.15, 0.2) is 5.60 Å². The number of aliphatic hydroxyl groups is 3. The average Bonchev–Trinajstić information content (AvgIpc) is 2.83. The maximum Gasteiger partial charge on any atom is 0.340 e. The molecule has 0 bridgehead atoms. The van der Waals surface area contributed by atoms with Crippen LogP contribution in [0.4, 0.5) is 5.69 Å². The van der Waals surface area contributed by atoms with Gasteiger partial charge in [-0.3, -0.25) is 9.69 Å². The second-order valence-electron chi connectivity index (χ2n) is 5.75. The largest absolute Gasteiger partial charge is 0.479 e. The van der Waals surface area contributed by atoms with Crippen LogP contribution in [0.25, 0.3) is 0 Å². The van der Waals surface area contributed by atoms with Gasteiger partial charge in [-0.15, -0.1) is 0 Å². The molecule has 7 heteroatoms. The van der Waals surface area contributed by atoms with Crippen LogP contribution in [-0.4, -0.2) is 32.3 Å². The zero-order valence-electron chi connectivity index (χ0n) is 14.7. The third-order valence-corrected chi connectivity index (χ3v) is 4.14. The summed E-state index contributed by atoms with van der Waals surface area (Å²) < 4.78 is 0. The standard InChI is InChI=1S/C17H15NO6.C2H6/c1-16(22,15(20)21)10-6-8-11(9-7-10)18-14(19)12-4-2-3-5-13(12)17(18,23)24;1-2/h2-9,22-24H,1H3,(H,20,21);1-2H3. The lowest BCUT2D eigenvalue weighted by atomic mass is 9.96. The first-order valence-electron chi connectivity index (χ1n) is 8.12. The van der Waals surface area contributed by atoms with Gasteiger partial charge in [0, 0.05) is 11.3 Å². The fourth-order valence-corrected chi connectivity index (χ4v) is 2.70. The summed E-state index contributed by atoms with van der Waals surface area (Å²) in [6.07, 6.45) is 0. The monoisotopic (exact) mass is 359 g/mol. The van der Waals surface area contributed by atoms with Crippen LogP contribution in [0, 0.1) is 0 Å². The number of rotatable bonds is 3. The van der Waals surface area contributed by atoms with Gasteiger partial charge in [-0.2, -0.15) is 0 Å². The number of benzene rings is 2. The number of carbonyl (C=O) groups is 2. The van der Waals surface area contributed by atoms with Crippen molar-refractivity contribution < 1.29 is 30.0 Å². The molecule has 0 aliphatic carbocycles. The molecule has 3 rings (SSSR count). The molecule has 0 radical (unpaired) electrons. The average molecular weight is 359 g/mol. The summed E-state index contributed by atoms with van der Waals surface area (Å²) in [5.74, 6) is -4.52. The Kier molecular flexibility index (Phi) is 5.18. The lowest BCUT2D eigenvalue weighted by molar-refractivity contribution is -0.159. The Balaban J connectivity index is 0.00000117. The van der Waals surface area contributed by atoms with Gasteiger partial charge in [-0.25, -0.2) is 4.79 Å². The predicted molar refractivity (Wildman–Crippen MR) is 94.4 cm³/mol. The number of carbonyl (C=O) groups excluding carboxylic acids is 1. The van der Waals surface area contributed by atoms with Crippen LogP contribution in [0.3, 0.4) is 0 Å². The highest BCUT2D eigenvalue weighted by molar-refractivity contribution is 6.11. The molecule has 1 aliphatic heterocycles. The molecular formula is C19H21NO6. The van der Waals surface area contributed by atoms with Crippen molar-refractivity contribution >= 4 is 17.6 Å². The minimum absolute atomic E-state index is 0.0663. The summed E-state index contributed by atoms with van der Waals surface area (Å²) in [4.78, 5) is 24.3. The third kappa shape index (κ3) is 2.96. The maximum absolute atomic E-state index is 12.5.